The number of para-hydroxylation sites is 1. The summed E-state index contributed by atoms with van der Waals surface area (Å²) in [7, 11) is 0. The van der Waals surface area contributed by atoms with Gasteiger partial charge < -0.3 is 14.4 Å². The van der Waals surface area contributed by atoms with Crippen molar-refractivity contribution < 1.29 is 29.0 Å². The number of benzene rings is 1. The van der Waals surface area contributed by atoms with Crippen molar-refractivity contribution in [2.75, 3.05) is 6.61 Å². The Kier molecular flexibility index (Phi) is 6.35. The fourth-order valence-electron chi connectivity index (χ4n) is 3.48. The van der Waals surface area contributed by atoms with Crippen LogP contribution in [0.15, 0.2) is 35.2 Å². The Morgan fingerprint density at radius 3 is 2.55 bits per heavy atom. The highest BCUT2D eigenvalue weighted by Gasteiger charge is 2.41. The number of esters is 1. The Hall–Kier alpha value is -3.33. The van der Waals surface area contributed by atoms with Gasteiger partial charge >= 0.3 is 11.9 Å². The largest absolute Gasteiger partial charge is 0.478 e. The van der Waals surface area contributed by atoms with Crippen LogP contribution in [0, 0.1) is 13.8 Å². The van der Waals surface area contributed by atoms with Crippen LogP contribution < -0.4 is 0 Å². The van der Waals surface area contributed by atoms with Crippen molar-refractivity contribution in [3.8, 4) is 5.69 Å². The third-order valence-corrected chi connectivity index (χ3v) is 5.85. The Bertz CT molecular complexity index is 1120. The van der Waals surface area contributed by atoms with Crippen LogP contribution >= 0.6 is 11.8 Å². The van der Waals surface area contributed by atoms with Crippen molar-refractivity contribution in [1.29, 1.82) is 0 Å². The van der Waals surface area contributed by atoms with E-state index in [1.165, 1.54) is 13.0 Å². The summed E-state index contributed by atoms with van der Waals surface area (Å²) in [5, 5.41) is 8.98. The molecule has 1 aliphatic rings. The Balaban J connectivity index is 1.99. The summed E-state index contributed by atoms with van der Waals surface area (Å²) in [6.07, 6.45) is 1.59. The predicted molar refractivity (Wildman–Crippen MR) is 116 cm³/mol. The van der Waals surface area contributed by atoms with E-state index in [9.17, 15) is 24.3 Å². The summed E-state index contributed by atoms with van der Waals surface area (Å²) in [6, 6.07) is 7.44. The van der Waals surface area contributed by atoms with E-state index >= 15 is 0 Å². The second-order valence-electron chi connectivity index (χ2n) is 6.96. The molecule has 1 fully saturated rings. The first-order valence-corrected chi connectivity index (χ1v) is 10.4. The number of aryl methyl sites for hydroxylation is 1. The number of nitrogens with zero attached hydrogens (tertiary/aromatic N) is 2. The number of aromatic carboxylic acids is 1. The molecule has 1 aromatic carbocycles. The van der Waals surface area contributed by atoms with E-state index in [2.05, 4.69) is 0 Å². The molecule has 9 heteroatoms. The molecule has 1 aromatic heterocycles. The minimum atomic E-state index is -1.04. The van der Waals surface area contributed by atoms with Crippen molar-refractivity contribution in [1.82, 2.24) is 9.47 Å². The molecule has 0 bridgehead atoms. The summed E-state index contributed by atoms with van der Waals surface area (Å²) < 4.78 is 6.71. The number of hydrogen-bond acceptors (Lipinski definition) is 6. The second kappa shape index (κ2) is 8.81. The van der Waals surface area contributed by atoms with Gasteiger partial charge in [-0.05, 0) is 69.3 Å². The maximum Gasteiger partial charge on any atom is 0.337 e. The average molecular weight is 442 g/mol. The highest BCUT2D eigenvalue weighted by Crippen LogP contribution is 2.35. The number of rotatable bonds is 6. The van der Waals surface area contributed by atoms with Gasteiger partial charge in [0.1, 0.15) is 6.04 Å². The van der Waals surface area contributed by atoms with E-state index in [0.717, 1.165) is 28.0 Å². The number of hydrogen-bond donors (Lipinski definition) is 1. The lowest BCUT2D eigenvalue weighted by Gasteiger charge is -2.19. The molecule has 8 nitrogen and oxygen atoms in total. The molecule has 2 heterocycles. The summed E-state index contributed by atoms with van der Waals surface area (Å²) in [4.78, 5) is 49.9. The van der Waals surface area contributed by atoms with Gasteiger partial charge in [-0.25, -0.2) is 9.59 Å². The van der Waals surface area contributed by atoms with Crippen LogP contribution in [0.4, 0.5) is 4.79 Å². The molecule has 0 aliphatic carbocycles. The Morgan fingerprint density at radius 2 is 1.90 bits per heavy atom. The summed E-state index contributed by atoms with van der Waals surface area (Å²) >= 11 is 0.756. The molecule has 1 aliphatic heterocycles. The van der Waals surface area contributed by atoms with Crippen LogP contribution in [0.2, 0.25) is 0 Å². The van der Waals surface area contributed by atoms with Gasteiger partial charge in [-0.2, -0.15) is 0 Å². The second-order valence-corrected chi connectivity index (χ2v) is 7.96. The van der Waals surface area contributed by atoms with Crippen LogP contribution in [0.25, 0.3) is 11.8 Å². The van der Waals surface area contributed by atoms with Gasteiger partial charge in [-0.1, -0.05) is 12.1 Å². The third kappa shape index (κ3) is 4.13. The van der Waals surface area contributed by atoms with Gasteiger partial charge in [0.25, 0.3) is 11.1 Å². The predicted octanol–water partition coefficient (Wildman–Crippen LogP) is 3.78. The highest BCUT2D eigenvalue weighted by atomic mass is 32.2. The number of carboxylic acids is 1. The zero-order valence-electron chi connectivity index (χ0n) is 17.5. The summed E-state index contributed by atoms with van der Waals surface area (Å²) in [6.45, 7) is 6.89. The van der Waals surface area contributed by atoms with Gasteiger partial charge in [0.2, 0.25) is 0 Å². The van der Waals surface area contributed by atoms with Gasteiger partial charge in [-0.15, -0.1) is 0 Å². The smallest absolute Gasteiger partial charge is 0.337 e. The van der Waals surface area contributed by atoms with Crippen LogP contribution in [-0.2, 0) is 14.3 Å². The lowest BCUT2D eigenvalue weighted by molar-refractivity contribution is -0.150. The molecule has 1 saturated heterocycles. The first-order chi connectivity index (χ1) is 14.7. The Morgan fingerprint density at radius 1 is 1.23 bits per heavy atom. The quantitative estimate of drug-likeness (QED) is 0.536. The van der Waals surface area contributed by atoms with Crippen LogP contribution in [0.5, 0.6) is 0 Å². The van der Waals surface area contributed by atoms with E-state index in [1.807, 2.05) is 19.9 Å². The van der Waals surface area contributed by atoms with Crippen molar-refractivity contribution in [3.05, 3.63) is 57.8 Å². The van der Waals surface area contributed by atoms with E-state index in [0.29, 0.717) is 11.3 Å². The molecule has 0 saturated carbocycles. The fourth-order valence-corrected chi connectivity index (χ4v) is 4.38. The van der Waals surface area contributed by atoms with E-state index in [-0.39, 0.29) is 17.1 Å². The maximum atomic E-state index is 12.8. The monoisotopic (exact) mass is 442 g/mol. The van der Waals surface area contributed by atoms with Crippen LogP contribution in [0.3, 0.4) is 0 Å². The molecular weight excluding hydrogens is 420 g/mol. The molecule has 2 amide bonds. The van der Waals surface area contributed by atoms with Crippen LogP contribution in [0.1, 0.15) is 41.2 Å². The number of carbonyl (C=O) groups excluding carboxylic acids is 3. The Labute approximate surface area is 183 Å². The molecule has 31 heavy (non-hydrogen) atoms. The zero-order valence-corrected chi connectivity index (χ0v) is 18.4. The SMILES string of the molecule is CCOC(=O)[C@H](C)N1C(=O)S/C(=C/c2cc(C)n(-c3ccccc3C(=O)O)c2C)C1=O. The number of amides is 2. The zero-order chi connectivity index (χ0) is 22.9. The molecule has 162 valence electrons. The highest BCUT2D eigenvalue weighted by molar-refractivity contribution is 8.18. The number of ether oxygens (including phenoxy) is 1. The topological polar surface area (TPSA) is 106 Å². The van der Waals surface area contributed by atoms with E-state index < -0.39 is 29.1 Å². The first kappa shape index (κ1) is 22.4. The molecule has 0 spiro atoms. The molecule has 0 radical (unpaired) electrons. The fraction of sp³-hybridized carbons (Fsp3) is 0.273. The van der Waals surface area contributed by atoms with Gasteiger partial charge in [-0.3, -0.25) is 14.5 Å². The molecule has 2 aromatic rings. The number of thioether (sulfide) groups is 1. The minimum absolute atomic E-state index is 0.152. The molecule has 1 atom stereocenters. The van der Waals surface area contributed by atoms with E-state index in [1.54, 1.807) is 35.8 Å². The minimum Gasteiger partial charge on any atom is -0.478 e. The molecular formula is C22H22N2O6S. The molecule has 0 unspecified atom stereocenters. The third-order valence-electron chi connectivity index (χ3n) is 4.97. The first-order valence-electron chi connectivity index (χ1n) is 9.62. The molecule has 3 rings (SSSR count). The summed E-state index contributed by atoms with van der Waals surface area (Å²) in [5.41, 5.74) is 2.83. The number of carboxylic acid groups (broad SMARTS) is 1. The van der Waals surface area contributed by atoms with Crippen LogP contribution in [-0.4, -0.2) is 50.3 Å². The van der Waals surface area contributed by atoms with Crippen molar-refractivity contribution in [2.24, 2.45) is 0 Å². The summed E-state index contributed by atoms with van der Waals surface area (Å²) in [5.74, 6) is -2.25. The van der Waals surface area contributed by atoms with Gasteiger partial charge in [0.05, 0.1) is 22.8 Å². The lowest BCUT2D eigenvalue weighted by Crippen LogP contribution is -2.42. The van der Waals surface area contributed by atoms with Crippen molar-refractivity contribution >= 4 is 40.9 Å². The number of aromatic nitrogens is 1. The van der Waals surface area contributed by atoms with Gasteiger partial charge in [0.15, 0.2) is 0 Å². The van der Waals surface area contributed by atoms with Gasteiger partial charge in [0, 0.05) is 11.4 Å². The standard InChI is InChI=1S/C22H22N2O6S/c1-5-30-21(28)14(4)24-19(25)18(31-22(24)29)11-15-10-12(2)23(13(15)3)17-9-7-6-8-16(17)20(26)27/h6-11,14H,5H2,1-4H3,(H,26,27)/b18-11+/t14-/m0/s1. The van der Waals surface area contributed by atoms with Crippen molar-refractivity contribution in [2.45, 2.75) is 33.7 Å². The maximum absolute atomic E-state index is 12.8. The van der Waals surface area contributed by atoms with Crippen molar-refractivity contribution in [3.63, 3.8) is 0 Å². The normalized spacial score (nSPS) is 16.1. The lowest BCUT2D eigenvalue weighted by atomic mass is 10.1. The molecule has 1 N–H and O–H groups in total. The number of carbonyl (C=O) groups is 4. The number of imide groups is 1. The average Bonchev–Trinajstić information content (AvgIpc) is 3.15. The van der Waals surface area contributed by atoms with E-state index in [4.69, 9.17) is 4.74 Å².